The summed E-state index contributed by atoms with van der Waals surface area (Å²) in [5.41, 5.74) is 8.37. The number of sulfonamides is 1. The zero-order chi connectivity index (χ0) is 33.8. The van der Waals surface area contributed by atoms with Gasteiger partial charge in [0.25, 0.3) is 0 Å². The topological polar surface area (TPSA) is 57.6 Å². The maximum atomic E-state index is 14.2. The van der Waals surface area contributed by atoms with Crippen molar-refractivity contribution in [3.05, 3.63) is 156 Å². The van der Waals surface area contributed by atoms with E-state index in [1.54, 1.807) is 10.4 Å². The number of aryl methyl sites for hydroxylation is 1. The fourth-order valence-corrected chi connectivity index (χ4v) is 10.4. The second kappa shape index (κ2) is 12.6. The summed E-state index contributed by atoms with van der Waals surface area (Å²) in [4.78, 5) is 2.80. The normalized spacial score (nSPS) is 21.0. The number of hydrogen-bond acceptors (Lipinski definition) is 4. The van der Waals surface area contributed by atoms with Gasteiger partial charge in [-0.2, -0.15) is 4.31 Å². The Kier molecular flexibility index (Phi) is 7.87. The first kappa shape index (κ1) is 31.3. The Morgan fingerprint density at radius 2 is 1.42 bits per heavy atom. The molecule has 252 valence electrons. The zero-order valence-corrected chi connectivity index (χ0v) is 29.1. The molecule has 0 bridgehead atoms. The minimum absolute atomic E-state index is 0.0853. The van der Waals surface area contributed by atoms with Crippen LogP contribution >= 0.6 is 0 Å². The van der Waals surface area contributed by atoms with Crippen LogP contribution in [0.5, 0.6) is 0 Å². The summed E-state index contributed by atoms with van der Waals surface area (Å²) in [6.45, 7) is 5.37. The van der Waals surface area contributed by atoms with Gasteiger partial charge < -0.3 is 9.88 Å². The number of rotatable bonds is 7. The monoisotopic (exact) mass is 678 g/mol. The van der Waals surface area contributed by atoms with E-state index in [1.807, 2.05) is 24.3 Å². The van der Waals surface area contributed by atoms with Gasteiger partial charge in [0, 0.05) is 66.1 Å². The summed E-state index contributed by atoms with van der Waals surface area (Å²) in [5, 5.41) is 6.44. The molecule has 3 unspecified atom stereocenters. The van der Waals surface area contributed by atoms with Gasteiger partial charge in [-0.25, -0.2) is 8.42 Å². The Hall–Kier alpha value is -4.69. The van der Waals surface area contributed by atoms with Crippen molar-refractivity contribution in [1.82, 2.24) is 13.8 Å². The predicted molar refractivity (Wildman–Crippen MR) is 203 cm³/mol. The second-order valence-electron chi connectivity index (χ2n) is 13.9. The molecule has 9 rings (SSSR count). The molecular weight excluding hydrogens is 637 g/mol. The molecule has 3 heterocycles. The van der Waals surface area contributed by atoms with Gasteiger partial charge in [-0.15, -0.1) is 0 Å². The lowest BCUT2D eigenvalue weighted by atomic mass is 9.77. The molecule has 7 heteroatoms. The van der Waals surface area contributed by atoms with Gasteiger partial charge in [0.2, 0.25) is 10.0 Å². The molecule has 0 spiro atoms. The molecule has 1 aromatic heterocycles. The predicted octanol–water partition coefficient (Wildman–Crippen LogP) is 8.74. The van der Waals surface area contributed by atoms with Gasteiger partial charge in [0.15, 0.2) is 0 Å². The highest BCUT2D eigenvalue weighted by Gasteiger charge is 2.39. The number of hydrogen-bond donors (Lipinski definition) is 1. The molecule has 1 fully saturated rings. The molecule has 0 amide bonds. The lowest BCUT2D eigenvalue weighted by Crippen LogP contribution is -2.49. The van der Waals surface area contributed by atoms with E-state index in [0.717, 1.165) is 24.2 Å². The Morgan fingerprint density at radius 3 is 2.14 bits per heavy atom. The van der Waals surface area contributed by atoms with E-state index < -0.39 is 10.0 Å². The number of para-hydroxylation sites is 1. The third kappa shape index (κ3) is 5.18. The molecule has 1 saturated heterocycles. The summed E-state index contributed by atoms with van der Waals surface area (Å²) in [6, 6.07) is 42.6. The average Bonchev–Trinajstić information content (AvgIpc) is 3.79. The summed E-state index contributed by atoms with van der Waals surface area (Å²) in [6.07, 6.45) is 5.53. The molecule has 6 nitrogen and oxygen atoms in total. The van der Waals surface area contributed by atoms with E-state index >= 15 is 0 Å². The van der Waals surface area contributed by atoms with Crippen molar-refractivity contribution in [2.45, 2.75) is 42.8 Å². The van der Waals surface area contributed by atoms with Crippen LogP contribution in [0.2, 0.25) is 0 Å². The van der Waals surface area contributed by atoms with E-state index in [-0.39, 0.29) is 18.0 Å². The minimum atomic E-state index is -3.66. The van der Waals surface area contributed by atoms with Crippen LogP contribution in [0.15, 0.2) is 138 Å². The SMILES string of the molecule is CCn1c2ccccc2c2cc(C3Nc4ccc(S(=O)(=O)N5CCN(C(c6ccccc6)c6ccccc6)CC5)cc4C4C=CCC43)ccc21. The first-order valence-electron chi connectivity index (χ1n) is 17.9. The van der Waals surface area contributed by atoms with Crippen LogP contribution in [0.25, 0.3) is 21.8 Å². The number of benzene rings is 5. The Bertz CT molecular complexity index is 2290. The van der Waals surface area contributed by atoms with Crippen molar-refractivity contribution in [3.8, 4) is 0 Å². The zero-order valence-electron chi connectivity index (χ0n) is 28.3. The fourth-order valence-electron chi connectivity index (χ4n) is 8.90. The van der Waals surface area contributed by atoms with Gasteiger partial charge >= 0.3 is 0 Å². The van der Waals surface area contributed by atoms with Gasteiger partial charge in [-0.1, -0.05) is 97.1 Å². The summed E-state index contributed by atoms with van der Waals surface area (Å²) in [7, 11) is -3.66. The molecule has 1 aliphatic carbocycles. The Morgan fingerprint density at radius 1 is 0.740 bits per heavy atom. The average molecular weight is 679 g/mol. The number of aromatic nitrogens is 1. The number of nitrogens with one attached hydrogen (secondary N) is 1. The highest BCUT2D eigenvalue weighted by Crippen LogP contribution is 2.51. The van der Waals surface area contributed by atoms with Gasteiger partial charge in [-0.3, -0.25) is 4.90 Å². The third-order valence-electron chi connectivity index (χ3n) is 11.3. The second-order valence-corrected chi connectivity index (χ2v) is 15.9. The van der Waals surface area contributed by atoms with Gasteiger partial charge in [-0.05, 0) is 77.9 Å². The van der Waals surface area contributed by atoms with Gasteiger partial charge in [0.05, 0.1) is 17.0 Å². The number of piperazine rings is 1. The molecule has 50 heavy (non-hydrogen) atoms. The molecule has 1 N–H and O–H groups in total. The lowest BCUT2D eigenvalue weighted by molar-refractivity contribution is 0.156. The molecular formula is C43H42N4O2S. The fraction of sp³-hybridized carbons (Fsp3) is 0.256. The van der Waals surface area contributed by atoms with Crippen LogP contribution in [-0.2, 0) is 16.6 Å². The van der Waals surface area contributed by atoms with E-state index in [0.29, 0.717) is 37.0 Å². The number of fused-ring (bicyclic) bond motifs is 6. The minimum Gasteiger partial charge on any atom is -0.378 e. The van der Waals surface area contributed by atoms with Crippen molar-refractivity contribution in [1.29, 1.82) is 0 Å². The van der Waals surface area contributed by atoms with Gasteiger partial charge in [0.1, 0.15) is 0 Å². The van der Waals surface area contributed by atoms with E-state index in [4.69, 9.17) is 0 Å². The van der Waals surface area contributed by atoms with Crippen molar-refractivity contribution in [3.63, 3.8) is 0 Å². The highest BCUT2D eigenvalue weighted by molar-refractivity contribution is 7.89. The Labute approximate surface area is 294 Å². The first-order valence-corrected chi connectivity index (χ1v) is 19.4. The van der Waals surface area contributed by atoms with Crippen LogP contribution in [0.3, 0.4) is 0 Å². The summed E-state index contributed by atoms with van der Waals surface area (Å²) >= 11 is 0. The number of allylic oxidation sites excluding steroid dienone is 2. The van der Waals surface area contributed by atoms with Crippen LogP contribution in [0.1, 0.15) is 53.6 Å². The molecule has 0 radical (unpaired) electrons. The largest absolute Gasteiger partial charge is 0.378 e. The quantitative estimate of drug-likeness (QED) is 0.172. The maximum Gasteiger partial charge on any atom is 0.243 e. The number of anilines is 1. The molecule has 5 aromatic carbocycles. The number of nitrogens with zero attached hydrogens (tertiary/aromatic N) is 3. The van der Waals surface area contributed by atoms with Crippen molar-refractivity contribution in [2.24, 2.45) is 5.92 Å². The third-order valence-corrected chi connectivity index (χ3v) is 13.2. The lowest BCUT2D eigenvalue weighted by Gasteiger charge is -2.40. The van der Waals surface area contributed by atoms with Crippen LogP contribution in [-0.4, -0.2) is 48.4 Å². The van der Waals surface area contributed by atoms with Crippen molar-refractivity contribution >= 4 is 37.5 Å². The molecule has 3 atom stereocenters. The maximum absolute atomic E-state index is 14.2. The van der Waals surface area contributed by atoms with E-state index in [9.17, 15) is 8.42 Å². The summed E-state index contributed by atoms with van der Waals surface area (Å²) in [5.74, 6) is 0.474. The first-order chi connectivity index (χ1) is 24.5. The standard InChI is InChI=1S/C43H42N4O2S/c1-2-47-40-19-10-9-16-35(40)38-28-32(20-23-41(38)47)42-36-18-11-17-34(36)37-29-33(21-22-39(37)44-42)50(48,49)46-26-24-45(25-27-46)43(30-12-5-3-6-13-30)31-14-7-4-8-15-31/h3-17,19-23,28-29,34,36,42-44H,2,18,24-27H2,1H3. The molecule has 3 aliphatic rings. The van der Waals surface area contributed by atoms with Crippen LogP contribution in [0.4, 0.5) is 5.69 Å². The Balaban J connectivity index is 0.978. The van der Waals surface area contributed by atoms with Crippen molar-refractivity contribution in [2.75, 3.05) is 31.5 Å². The van der Waals surface area contributed by atoms with E-state index in [1.165, 1.54) is 38.5 Å². The highest BCUT2D eigenvalue weighted by atomic mass is 32.2. The van der Waals surface area contributed by atoms with E-state index in [2.05, 4.69) is 125 Å². The van der Waals surface area contributed by atoms with Crippen LogP contribution < -0.4 is 5.32 Å². The molecule has 6 aromatic rings. The summed E-state index contributed by atoms with van der Waals surface area (Å²) < 4.78 is 32.5. The van der Waals surface area contributed by atoms with Crippen LogP contribution in [0, 0.1) is 5.92 Å². The molecule has 0 saturated carbocycles. The molecule has 2 aliphatic heterocycles. The van der Waals surface area contributed by atoms with Crippen molar-refractivity contribution < 1.29 is 8.42 Å². The smallest absolute Gasteiger partial charge is 0.243 e.